The van der Waals surface area contributed by atoms with E-state index in [1.807, 2.05) is 0 Å². The molecule has 0 bridgehead atoms. The summed E-state index contributed by atoms with van der Waals surface area (Å²) in [4.78, 5) is 10.2. The molecule has 0 amide bonds. The summed E-state index contributed by atoms with van der Waals surface area (Å²) in [6.45, 7) is 0.167. The van der Waals surface area contributed by atoms with E-state index in [-0.39, 0.29) is 30.7 Å². The molecule has 0 saturated carbocycles. The lowest BCUT2D eigenvalue weighted by molar-refractivity contribution is 0.112. The van der Waals surface area contributed by atoms with Crippen LogP contribution in [0.4, 0.5) is 0 Å². The SMILES string of the molecule is Cl.N=C(N)CN.NC(N)=N/N=C/c1cc(Cl)ccc1Cl.O=Cc1cc(Cl)ccc1Cl. The van der Waals surface area contributed by atoms with Gasteiger partial charge >= 0.3 is 0 Å². The zero-order valence-corrected chi connectivity index (χ0v) is 19.2. The van der Waals surface area contributed by atoms with Gasteiger partial charge in [0.15, 0.2) is 6.29 Å². The molecular weight excluding hydrogens is 496 g/mol. The number of nitrogens with two attached hydrogens (primary N) is 4. The van der Waals surface area contributed by atoms with Crippen LogP contribution in [0.1, 0.15) is 15.9 Å². The zero-order chi connectivity index (χ0) is 22.4. The van der Waals surface area contributed by atoms with Crippen molar-refractivity contribution in [2.24, 2.45) is 33.1 Å². The van der Waals surface area contributed by atoms with Crippen molar-refractivity contribution in [1.82, 2.24) is 0 Å². The molecule has 0 atom stereocenters. The maximum atomic E-state index is 10.2. The number of amidine groups is 1. The number of benzene rings is 2. The highest BCUT2D eigenvalue weighted by molar-refractivity contribution is 6.35. The monoisotopic (exact) mass is 513 g/mol. The van der Waals surface area contributed by atoms with E-state index in [2.05, 4.69) is 10.2 Å². The van der Waals surface area contributed by atoms with Gasteiger partial charge in [-0.05, 0) is 36.4 Å². The molecule has 0 aromatic heterocycles. The number of carbonyl (C=O) groups excluding carboxylic acids is 1. The lowest BCUT2D eigenvalue weighted by Gasteiger charge is -1.96. The molecule has 0 aliphatic carbocycles. The zero-order valence-electron chi connectivity index (χ0n) is 15.4. The number of rotatable bonds is 4. The molecule has 0 radical (unpaired) electrons. The summed E-state index contributed by atoms with van der Waals surface area (Å²) in [5.74, 6) is -0.0793. The maximum absolute atomic E-state index is 10.2. The molecular formula is C17H20Cl5N7O. The van der Waals surface area contributed by atoms with Crippen molar-refractivity contribution in [1.29, 1.82) is 5.41 Å². The van der Waals surface area contributed by atoms with Crippen LogP contribution in [0.2, 0.25) is 20.1 Å². The highest BCUT2D eigenvalue weighted by Gasteiger charge is 1.98. The Balaban J connectivity index is 0. The average molecular weight is 516 g/mol. The minimum atomic E-state index is -0.112. The molecule has 2 aromatic rings. The predicted octanol–water partition coefficient (Wildman–Crippen LogP) is 3.71. The number of hydrogen-bond donors (Lipinski definition) is 5. The van der Waals surface area contributed by atoms with Crippen LogP contribution in [0.25, 0.3) is 0 Å². The second kappa shape index (κ2) is 16.7. The van der Waals surface area contributed by atoms with Crippen LogP contribution in [0.3, 0.4) is 0 Å². The Labute approximate surface area is 200 Å². The fraction of sp³-hybridized carbons (Fsp3) is 0.0588. The minimum absolute atomic E-state index is 0. The summed E-state index contributed by atoms with van der Waals surface area (Å²) in [5.41, 5.74) is 20.8. The molecule has 13 heteroatoms. The normalized spacial score (nSPS) is 9.23. The molecule has 0 aliphatic rings. The third kappa shape index (κ3) is 14.0. The summed E-state index contributed by atoms with van der Waals surface area (Å²) >= 11 is 22.8. The first kappa shape index (κ1) is 30.1. The first-order valence-corrected chi connectivity index (χ1v) is 9.12. The number of aldehydes is 1. The summed E-state index contributed by atoms with van der Waals surface area (Å²) in [7, 11) is 0. The molecule has 8 nitrogen and oxygen atoms in total. The van der Waals surface area contributed by atoms with Gasteiger partial charge in [0.1, 0.15) is 5.84 Å². The molecule has 0 saturated heterocycles. The number of nitrogens with zero attached hydrogens (tertiary/aromatic N) is 2. The van der Waals surface area contributed by atoms with Gasteiger partial charge in [-0.1, -0.05) is 46.4 Å². The standard InChI is InChI=1S/C8H8Cl2N4.C7H4Cl2O.C2H7N3.ClH/c9-6-1-2-7(10)5(3-6)4-13-14-8(11)12;8-6-1-2-7(9)5(3-6)4-10;3-1-2(4)5;/h1-4H,(H4,11,12,14);1-4H;1,3H2,(H3,4,5);1H/b13-4+;;;. The number of nitrogens with one attached hydrogen (secondary N) is 1. The summed E-state index contributed by atoms with van der Waals surface area (Å²) in [6, 6.07) is 9.76. The van der Waals surface area contributed by atoms with Gasteiger partial charge in [0.2, 0.25) is 5.96 Å². The second-order valence-corrected chi connectivity index (χ2v) is 6.64. The van der Waals surface area contributed by atoms with Gasteiger partial charge < -0.3 is 22.9 Å². The van der Waals surface area contributed by atoms with E-state index in [0.29, 0.717) is 37.5 Å². The molecule has 0 fully saturated rings. The van der Waals surface area contributed by atoms with Gasteiger partial charge in [0.25, 0.3) is 0 Å². The number of carbonyl (C=O) groups is 1. The molecule has 164 valence electrons. The van der Waals surface area contributed by atoms with Crippen molar-refractivity contribution >= 4 is 83.1 Å². The van der Waals surface area contributed by atoms with Crippen LogP contribution < -0.4 is 22.9 Å². The Kier molecular flexibility index (Phi) is 16.8. The molecule has 0 unspecified atom stereocenters. The van der Waals surface area contributed by atoms with Crippen LogP contribution in [0.15, 0.2) is 46.6 Å². The maximum Gasteiger partial charge on any atom is 0.211 e. The Morgan fingerprint density at radius 3 is 1.73 bits per heavy atom. The molecule has 0 aliphatic heterocycles. The van der Waals surface area contributed by atoms with E-state index in [0.717, 1.165) is 0 Å². The van der Waals surface area contributed by atoms with Gasteiger partial charge in [-0.3, -0.25) is 10.2 Å². The smallest absolute Gasteiger partial charge is 0.211 e. The van der Waals surface area contributed by atoms with Crippen LogP contribution in [-0.4, -0.2) is 30.8 Å². The van der Waals surface area contributed by atoms with Gasteiger partial charge in [-0.2, -0.15) is 5.10 Å². The minimum Gasteiger partial charge on any atom is -0.387 e. The van der Waals surface area contributed by atoms with Crippen LogP contribution in [0.5, 0.6) is 0 Å². The fourth-order valence-electron chi connectivity index (χ4n) is 1.38. The van der Waals surface area contributed by atoms with Crippen LogP contribution in [0, 0.1) is 5.41 Å². The topological polar surface area (TPSA) is 170 Å². The van der Waals surface area contributed by atoms with E-state index in [9.17, 15) is 4.79 Å². The molecule has 0 heterocycles. The first-order chi connectivity index (χ1) is 13.6. The Morgan fingerprint density at radius 1 is 0.933 bits per heavy atom. The van der Waals surface area contributed by atoms with Crippen molar-refractivity contribution in [3.8, 4) is 0 Å². The lowest BCUT2D eigenvalue weighted by Crippen LogP contribution is -2.21. The van der Waals surface area contributed by atoms with E-state index >= 15 is 0 Å². The quantitative estimate of drug-likeness (QED) is 0.181. The van der Waals surface area contributed by atoms with Crippen LogP contribution >= 0.6 is 58.8 Å². The van der Waals surface area contributed by atoms with Gasteiger partial charge in [-0.15, -0.1) is 17.5 Å². The lowest BCUT2D eigenvalue weighted by atomic mass is 10.2. The average Bonchev–Trinajstić information content (AvgIpc) is 2.67. The summed E-state index contributed by atoms with van der Waals surface area (Å²) in [5, 5.41) is 15.5. The van der Waals surface area contributed by atoms with Crippen molar-refractivity contribution < 1.29 is 4.79 Å². The fourth-order valence-corrected chi connectivity index (χ4v) is 2.07. The van der Waals surface area contributed by atoms with Gasteiger partial charge in [0, 0.05) is 26.2 Å². The van der Waals surface area contributed by atoms with E-state index in [4.69, 9.17) is 74.7 Å². The Hall–Kier alpha value is -2.07. The number of guanidine groups is 1. The first-order valence-electron chi connectivity index (χ1n) is 7.60. The molecule has 0 spiro atoms. The number of hydrogen-bond acceptors (Lipinski definition) is 5. The van der Waals surface area contributed by atoms with E-state index in [1.54, 1.807) is 30.3 Å². The van der Waals surface area contributed by atoms with Crippen molar-refractivity contribution in [3.63, 3.8) is 0 Å². The van der Waals surface area contributed by atoms with E-state index in [1.165, 1.54) is 12.3 Å². The van der Waals surface area contributed by atoms with Crippen molar-refractivity contribution in [2.75, 3.05) is 6.54 Å². The summed E-state index contributed by atoms with van der Waals surface area (Å²) in [6.07, 6.45) is 2.10. The van der Waals surface area contributed by atoms with Crippen molar-refractivity contribution in [3.05, 3.63) is 67.6 Å². The third-order valence-electron chi connectivity index (χ3n) is 2.63. The molecule has 9 N–H and O–H groups in total. The number of halogens is 5. The van der Waals surface area contributed by atoms with Crippen molar-refractivity contribution in [2.45, 2.75) is 0 Å². The molecule has 2 rings (SSSR count). The largest absolute Gasteiger partial charge is 0.387 e. The van der Waals surface area contributed by atoms with E-state index < -0.39 is 0 Å². The Bertz CT molecular complexity index is 887. The van der Waals surface area contributed by atoms with Gasteiger partial charge in [-0.25, -0.2) is 0 Å². The highest BCUT2D eigenvalue weighted by Crippen LogP contribution is 2.19. The Morgan fingerprint density at radius 2 is 1.37 bits per heavy atom. The molecule has 2 aromatic carbocycles. The highest BCUT2D eigenvalue weighted by atomic mass is 35.5. The second-order valence-electron chi connectivity index (χ2n) is 4.95. The van der Waals surface area contributed by atoms with Gasteiger partial charge in [0.05, 0.1) is 17.8 Å². The molecule has 30 heavy (non-hydrogen) atoms. The predicted molar refractivity (Wildman–Crippen MR) is 130 cm³/mol. The third-order valence-corrected chi connectivity index (χ3v) is 3.79. The van der Waals surface area contributed by atoms with Crippen LogP contribution in [-0.2, 0) is 0 Å². The summed E-state index contributed by atoms with van der Waals surface area (Å²) < 4.78 is 0.